The van der Waals surface area contributed by atoms with Gasteiger partial charge in [-0.3, -0.25) is 0 Å². The molecule has 2 amide bonds. The molecule has 0 spiro atoms. The van der Waals surface area contributed by atoms with Crippen molar-refractivity contribution in [2.75, 3.05) is 13.7 Å². The lowest BCUT2D eigenvalue weighted by Crippen LogP contribution is -2.51. The van der Waals surface area contributed by atoms with Gasteiger partial charge in [0.1, 0.15) is 6.04 Å². The predicted octanol–water partition coefficient (Wildman–Crippen LogP) is 1.30. The molecule has 6 nitrogen and oxygen atoms in total. The Labute approximate surface area is 114 Å². The van der Waals surface area contributed by atoms with E-state index in [-0.39, 0.29) is 24.1 Å². The standard InChI is InChI=1S/C13H24N2O4/c1-8(2)7-10(12(16)17)14-13(18)15(4)11-5-6-19-9(11)3/h8-11H,5-7H2,1-4H3,(H,14,18)(H,16,17)/t9?,10-,11?/m0/s1. The van der Waals surface area contributed by atoms with Crippen molar-refractivity contribution >= 4 is 12.0 Å². The lowest BCUT2D eigenvalue weighted by atomic mass is 10.0. The average molecular weight is 272 g/mol. The van der Waals surface area contributed by atoms with E-state index in [0.717, 1.165) is 6.42 Å². The number of likely N-dealkylation sites (N-methyl/N-ethyl adjacent to an activating group) is 1. The maximum atomic E-state index is 12.1. The molecule has 0 bridgehead atoms. The molecule has 1 fully saturated rings. The quantitative estimate of drug-likeness (QED) is 0.790. The number of aliphatic carboxylic acids is 1. The molecule has 0 aromatic heterocycles. The first-order valence-electron chi connectivity index (χ1n) is 6.70. The normalized spacial score (nSPS) is 24.3. The van der Waals surface area contributed by atoms with Crippen molar-refractivity contribution in [3.05, 3.63) is 0 Å². The maximum Gasteiger partial charge on any atom is 0.326 e. The maximum absolute atomic E-state index is 12.1. The molecule has 3 atom stereocenters. The Morgan fingerprint density at radius 2 is 2.11 bits per heavy atom. The number of urea groups is 1. The van der Waals surface area contributed by atoms with Crippen molar-refractivity contribution in [1.29, 1.82) is 0 Å². The highest BCUT2D eigenvalue weighted by Gasteiger charge is 2.32. The molecule has 19 heavy (non-hydrogen) atoms. The zero-order valence-electron chi connectivity index (χ0n) is 12.0. The molecular formula is C13H24N2O4. The number of amides is 2. The van der Waals surface area contributed by atoms with Crippen LogP contribution in [-0.4, -0.2) is 53.8 Å². The Kier molecular flexibility index (Phi) is 5.60. The highest BCUT2D eigenvalue weighted by atomic mass is 16.5. The average Bonchev–Trinajstić information content (AvgIpc) is 2.72. The van der Waals surface area contributed by atoms with Gasteiger partial charge in [0.2, 0.25) is 0 Å². The topological polar surface area (TPSA) is 78.9 Å². The van der Waals surface area contributed by atoms with Crippen LogP contribution in [0.3, 0.4) is 0 Å². The van der Waals surface area contributed by atoms with E-state index in [1.54, 1.807) is 11.9 Å². The fourth-order valence-electron chi connectivity index (χ4n) is 2.32. The number of hydrogen-bond donors (Lipinski definition) is 2. The van der Waals surface area contributed by atoms with Crippen LogP contribution in [0.1, 0.15) is 33.6 Å². The van der Waals surface area contributed by atoms with Crippen molar-refractivity contribution in [3.8, 4) is 0 Å². The number of hydrogen-bond acceptors (Lipinski definition) is 3. The number of nitrogens with zero attached hydrogens (tertiary/aromatic N) is 1. The molecule has 0 aliphatic carbocycles. The van der Waals surface area contributed by atoms with Gasteiger partial charge >= 0.3 is 12.0 Å². The first-order chi connectivity index (χ1) is 8.82. The Bertz CT molecular complexity index is 333. The molecule has 1 rings (SSSR count). The molecule has 0 aromatic rings. The van der Waals surface area contributed by atoms with Crippen LogP contribution in [0.4, 0.5) is 4.79 Å². The largest absolute Gasteiger partial charge is 0.480 e. The van der Waals surface area contributed by atoms with Gasteiger partial charge in [0.15, 0.2) is 0 Å². The number of ether oxygens (including phenoxy) is 1. The molecule has 2 unspecified atom stereocenters. The van der Waals surface area contributed by atoms with Gasteiger partial charge in [0.25, 0.3) is 0 Å². The summed E-state index contributed by atoms with van der Waals surface area (Å²) in [6.45, 7) is 6.42. The zero-order chi connectivity index (χ0) is 14.6. The molecule has 2 N–H and O–H groups in total. The summed E-state index contributed by atoms with van der Waals surface area (Å²) in [5, 5.41) is 11.7. The van der Waals surface area contributed by atoms with Gasteiger partial charge in [-0.2, -0.15) is 0 Å². The van der Waals surface area contributed by atoms with Gasteiger partial charge in [0, 0.05) is 13.7 Å². The van der Waals surface area contributed by atoms with Gasteiger partial charge in [-0.25, -0.2) is 9.59 Å². The van der Waals surface area contributed by atoms with E-state index in [0.29, 0.717) is 13.0 Å². The molecule has 110 valence electrons. The van der Waals surface area contributed by atoms with Crippen LogP contribution in [0.25, 0.3) is 0 Å². The summed E-state index contributed by atoms with van der Waals surface area (Å²) in [5.41, 5.74) is 0. The second-order valence-corrected chi connectivity index (χ2v) is 5.51. The molecule has 1 aliphatic rings. The minimum atomic E-state index is -0.994. The molecular weight excluding hydrogens is 248 g/mol. The molecule has 0 saturated carbocycles. The van der Waals surface area contributed by atoms with E-state index < -0.39 is 12.0 Å². The second kappa shape index (κ2) is 6.75. The number of carbonyl (C=O) groups excluding carboxylic acids is 1. The summed E-state index contributed by atoms with van der Waals surface area (Å²) in [6.07, 6.45) is 1.20. The fourth-order valence-corrected chi connectivity index (χ4v) is 2.32. The number of nitrogens with one attached hydrogen (secondary N) is 1. The van der Waals surface area contributed by atoms with Crippen molar-refractivity contribution in [2.24, 2.45) is 5.92 Å². The van der Waals surface area contributed by atoms with Gasteiger partial charge < -0.3 is 20.1 Å². The Morgan fingerprint density at radius 1 is 1.47 bits per heavy atom. The van der Waals surface area contributed by atoms with Crippen LogP contribution in [0.5, 0.6) is 0 Å². The monoisotopic (exact) mass is 272 g/mol. The number of carboxylic acid groups (broad SMARTS) is 1. The van der Waals surface area contributed by atoms with Crippen LogP contribution >= 0.6 is 0 Å². The summed E-state index contributed by atoms with van der Waals surface area (Å²) in [4.78, 5) is 24.7. The molecule has 6 heteroatoms. The predicted molar refractivity (Wildman–Crippen MR) is 71.0 cm³/mol. The smallest absolute Gasteiger partial charge is 0.326 e. The van der Waals surface area contributed by atoms with E-state index in [1.165, 1.54) is 0 Å². The van der Waals surface area contributed by atoms with Crippen LogP contribution in [0, 0.1) is 5.92 Å². The molecule has 0 radical (unpaired) electrons. The molecule has 1 heterocycles. The van der Waals surface area contributed by atoms with E-state index in [4.69, 9.17) is 9.84 Å². The van der Waals surface area contributed by atoms with E-state index >= 15 is 0 Å². The Balaban J connectivity index is 2.58. The third-order valence-electron chi connectivity index (χ3n) is 3.46. The second-order valence-electron chi connectivity index (χ2n) is 5.51. The third-order valence-corrected chi connectivity index (χ3v) is 3.46. The minimum absolute atomic E-state index is 0.00787. The minimum Gasteiger partial charge on any atom is -0.480 e. The first-order valence-corrected chi connectivity index (χ1v) is 6.70. The SMILES string of the molecule is CC(C)C[C@H](NC(=O)N(C)C1CCOC1C)C(=O)O. The lowest BCUT2D eigenvalue weighted by Gasteiger charge is -2.28. The van der Waals surface area contributed by atoms with Crippen molar-refractivity contribution in [3.63, 3.8) is 0 Å². The van der Waals surface area contributed by atoms with Crippen molar-refractivity contribution in [2.45, 2.75) is 51.8 Å². The Morgan fingerprint density at radius 3 is 2.53 bits per heavy atom. The summed E-state index contributed by atoms with van der Waals surface area (Å²) in [5.74, 6) is -0.786. The summed E-state index contributed by atoms with van der Waals surface area (Å²) < 4.78 is 5.42. The zero-order valence-corrected chi connectivity index (χ0v) is 12.0. The van der Waals surface area contributed by atoms with Gasteiger partial charge in [-0.1, -0.05) is 13.8 Å². The van der Waals surface area contributed by atoms with Gasteiger partial charge in [0.05, 0.1) is 12.1 Å². The van der Waals surface area contributed by atoms with Crippen LogP contribution < -0.4 is 5.32 Å². The van der Waals surface area contributed by atoms with Crippen LogP contribution in [0.2, 0.25) is 0 Å². The number of carbonyl (C=O) groups is 2. The van der Waals surface area contributed by atoms with Gasteiger partial charge in [-0.05, 0) is 25.7 Å². The first kappa shape index (κ1) is 15.8. The van der Waals surface area contributed by atoms with E-state index in [2.05, 4.69) is 5.32 Å². The number of rotatable bonds is 5. The van der Waals surface area contributed by atoms with Crippen molar-refractivity contribution < 1.29 is 19.4 Å². The number of carboxylic acids is 1. The highest BCUT2D eigenvalue weighted by Crippen LogP contribution is 2.18. The highest BCUT2D eigenvalue weighted by molar-refractivity contribution is 5.82. The Hall–Kier alpha value is -1.30. The summed E-state index contributed by atoms with van der Waals surface area (Å²) in [6, 6.07) is -1.18. The third kappa shape index (κ3) is 4.38. The van der Waals surface area contributed by atoms with Crippen molar-refractivity contribution in [1.82, 2.24) is 10.2 Å². The molecule has 0 aromatic carbocycles. The summed E-state index contributed by atoms with van der Waals surface area (Å²) in [7, 11) is 1.68. The lowest BCUT2D eigenvalue weighted by molar-refractivity contribution is -0.139. The van der Waals surface area contributed by atoms with Gasteiger partial charge in [-0.15, -0.1) is 0 Å². The fraction of sp³-hybridized carbons (Fsp3) is 0.846. The molecule has 1 saturated heterocycles. The van der Waals surface area contributed by atoms with E-state index in [1.807, 2.05) is 20.8 Å². The van der Waals surface area contributed by atoms with Crippen LogP contribution in [-0.2, 0) is 9.53 Å². The molecule has 1 aliphatic heterocycles. The van der Waals surface area contributed by atoms with E-state index in [9.17, 15) is 9.59 Å². The summed E-state index contributed by atoms with van der Waals surface area (Å²) >= 11 is 0. The van der Waals surface area contributed by atoms with Crippen LogP contribution in [0.15, 0.2) is 0 Å².